The highest BCUT2D eigenvalue weighted by Gasteiger charge is 2.34. The minimum atomic E-state index is -4.41. The summed E-state index contributed by atoms with van der Waals surface area (Å²) in [6.07, 6.45) is 2.68. The summed E-state index contributed by atoms with van der Waals surface area (Å²) in [5.41, 5.74) is -0.495. The van der Waals surface area contributed by atoms with Gasteiger partial charge in [-0.3, -0.25) is 0 Å². The molecular formula is C17H27F3N2. The molecule has 1 rings (SSSR count). The summed E-state index contributed by atoms with van der Waals surface area (Å²) >= 11 is 0. The van der Waals surface area contributed by atoms with E-state index >= 15 is 0 Å². The van der Waals surface area contributed by atoms with Crippen LogP contribution in [-0.4, -0.2) is 9.97 Å². The number of hydrogen-bond donors (Lipinski definition) is 0. The molecular weight excluding hydrogens is 289 g/mol. The second kappa shape index (κ2) is 7.93. The van der Waals surface area contributed by atoms with Gasteiger partial charge >= 0.3 is 6.18 Å². The summed E-state index contributed by atoms with van der Waals surface area (Å²) in [4.78, 5) is 7.96. The van der Waals surface area contributed by atoms with Gasteiger partial charge in [0.25, 0.3) is 0 Å². The van der Waals surface area contributed by atoms with Crippen LogP contribution in [0.4, 0.5) is 13.2 Å². The molecule has 0 aliphatic heterocycles. The van der Waals surface area contributed by atoms with Gasteiger partial charge in [-0.25, -0.2) is 9.97 Å². The lowest BCUT2D eigenvalue weighted by Gasteiger charge is -2.28. The van der Waals surface area contributed by atoms with Gasteiger partial charge in [0.15, 0.2) is 0 Å². The lowest BCUT2D eigenvalue weighted by Crippen LogP contribution is -2.22. The topological polar surface area (TPSA) is 25.8 Å². The molecule has 1 unspecified atom stereocenters. The van der Waals surface area contributed by atoms with E-state index in [-0.39, 0.29) is 5.41 Å². The van der Waals surface area contributed by atoms with Crippen LogP contribution in [0.3, 0.4) is 0 Å². The molecule has 0 saturated carbocycles. The monoisotopic (exact) mass is 316 g/mol. The van der Waals surface area contributed by atoms with Crippen molar-refractivity contribution in [2.24, 2.45) is 5.41 Å². The fraction of sp³-hybridized carbons (Fsp3) is 0.765. The third-order valence-electron chi connectivity index (χ3n) is 4.26. The van der Waals surface area contributed by atoms with Crippen LogP contribution in [-0.2, 0) is 12.6 Å². The highest BCUT2D eigenvalue weighted by atomic mass is 19.4. The Morgan fingerprint density at radius 3 is 2.27 bits per heavy atom. The van der Waals surface area contributed by atoms with Gasteiger partial charge in [0.1, 0.15) is 11.5 Å². The summed E-state index contributed by atoms with van der Waals surface area (Å²) in [5, 5.41) is 0. The number of hydrogen-bond acceptors (Lipinski definition) is 2. The summed E-state index contributed by atoms with van der Waals surface area (Å²) in [6.45, 7) is 7.96. The van der Waals surface area contributed by atoms with Crippen LogP contribution < -0.4 is 0 Å². The van der Waals surface area contributed by atoms with Crippen molar-refractivity contribution in [3.63, 3.8) is 0 Å². The molecule has 1 aromatic heterocycles. The number of unbranched alkanes of at least 4 members (excludes halogenated alkanes) is 3. The molecule has 0 spiro atoms. The molecule has 1 atom stereocenters. The fourth-order valence-electron chi connectivity index (χ4n) is 2.60. The van der Waals surface area contributed by atoms with Crippen LogP contribution in [0.25, 0.3) is 0 Å². The van der Waals surface area contributed by atoms with Gasteiger partial charge in [0.05, 0.1) is 0 Å². The first-order chi connectivity index (χ1) is 10.2. The Morgan fingerprint density at radius 2 is 1.73 bits per heavy atom. The normalized spacial score (nSPS) is 14.9. The molecule has 0 N–H and O–H groups in total. The molecule has 0 radical (unpaired) electrons. The third-order valence-corrected chi connectivity index (χ3v) is 4.26. The molecule has 0 amide bonds. The highest BCUT2D eigenvalue weighted by molar-refractivity contribution is 5.13. The zero-order valence-corrected chi connectivity index (χ0v) is 14.1. The summed E-state index contributed by atoms with van der Waals surface area (Å²) < 4.78 is 38.6. The van der Waals surface area contributed by atoms with Gasteiger partial charge in [-0.2, -0.15) is 13.2 Å². The largest absolute Gasteiger partial charge is 0.433 e. The Bertz CT molecular complexity index is 471. The minimum Gasteiger partial charge on any atom is -0.238 e. The van der Waals surface area contributed by atoms with Crippen molar-refractivity contribution in [3.05, 3.63) is 23.3 Å². The molecule has 1 aromatic rings. The smallest absolute Gasteiger partial charge is 0.238 e. The summed E-state index contributed by atoms with van der Waals surface area (Å²) in [7, 11) is 0. The summed E-state index contributed by atoms with van der Waals surface area (Å²) in [5.74, 6) is 0.312. The van der Waals surface area contributed by atoms with E-state index in [0.717, 1.165) is 25.3 Å². The Kier molecular flexibility index (Phi) is 6.82. The van der Waals surface area contributed by atoms with E-state index in [4.69, 9.17) is 0 Å². The van der Waals surface area contributed by atoms with Crippen molar-refractivity contribution in [3.8, 4) is 0 Å². The number of aromatic nitrogens is 2. The van der Waals surface area contributed by atoms with E-state index in [1.807, 2.05) is 0 Å². The van der Waals surface area contributed by atoms with Gasteiger partial charge in [0.2, 0.25) is 0 Å². The molecule has 0 aromatic carbocycles. The first-order valence-corrected chi connectivity index (χ1v) is 8.12. The van der Waals surface area contributed by atoms with E-state index in [9.17, 15) is 13.2 Å². The van der Waals surface area contributed by atoms with Crippen molar-refractivity contribution in [2.45, 2.75) is 78.8 Å². The summed E-state index contributed by atoms with van der Waals surface area (Å²) in [6, 6.07) is 1.01. The number of alkyl halides is 3. The van der Waals surface area contributed by atoms with Gasteiger partial charge in [-0.05, 0) is 24.8 Å². The SMILES string of the molecule is CCCCCCC(C)(CC)Cc1nc(C)cc(C(F)(F)F)n1. The quantitative estimate of drug-likeness (QED) is 0.572. The van der Waals surface area contributed by atoms with Crippen LogP contribution in [0, 0.1) is 12.3 Å². The maximum absolute atomic E-state index is 12.9. The number of halogens is 3. The van der Waals surface area contributed by atoms with Gasteiger partial charge in [0, 0.05) is 12.1 Å². The highest BCUT2D eigenvalue weighted by Crippen LogP contribution is 2.33. The maximum Gasteiger partial charge on any atom is 0.433 e. The average Bonchev–Trinajstić information content (AvgIpc) is 2.42. The third kappa shape index (κ3) is 5.93. The molecule has 1 heterocycles. The van der Waals surface area contributed by atoms with Crippen molar-refractivity contribution in [2.75, 3.05) is 0 Å². The van der Waals surface area contributed by atoms with E-state index < -0.39 is 11.9 Å². The number of rotatable bonds is 8. The van der Waals surface area contributed by atoms with Crippen LogP contribution in [0.5, 0.6) is 0 Å². The zero-order valence-electron chi connectivity index (χ0n) is 14.1. The minimum absolute atomic E-state index is 0.0373. The van der Waals surface area contributed by atoms with Crippen LogP contribution in [0.2, 0.25) is 0 Å². The van der Waals surface area contributed by atoms with Crippen molar-refractivity contribution in [1.82, 2.24) is 9.97 Å². The van der Waals surface area contributed by atoms with Crippen LogP contribution >= 0.6 is 0 Å². The number of aryl methyl sites for hydroxylation is 1. The van der Waals surface area contributed by atoms with Crippen LogP contribution in [0.1, 0.15) is 76.5 Å². The number of nitrogens with zero attached hydrogens (tertiary/aromatic N) is 2. The molecule has 22 heavy (non-hydrogen) atoms. The Hall–Kier alpha value is -1.13. The van der Waals surface area contributed by atoms with E-state index in [2.05, 4.69) is 30.7 Å². The average molecular weight is 316 g/mol. The first kappa shape index (κ1) is 18.9. The Labute approximate surface area is 131 Å². The first-order valence-electron chi connectivity index (χ1n) is 8.12. The second-order valence-corrected chi connectivity index (χ2v) is 6.46. The molecule has 0 bridgehead atoms. The predicted octanol–water partition coefficient (Wildman–Crippen LogP) is 5.73. The molecule has 0 aliphatic rings. The molecule has 0 saturated heterocycles. The Balaban J connectivity index is 2.84. The van der Waals surface area contributed by atoms with Crippen molar-refractivity contribution < 1.29 is 13.2 Å². The lowest BCUT2D eigenvalue weighted by molar-refractivity contribution is -0.141. The lowest BCUT2D eigenvalue weighted by atomic mass is 9.79. The van der Waals surface area contributed by atoms with Crippen LogP contribution in [0.15, 0.2) is 6.07 Å². The van der Waals surface area contributed by atoms with Gasteiger partial charge in [-0.1, -0.05) is 52.9 Å². The predicted molar refractivity (Wildman–Crippen MR) is 82.6 cm³/mol. The van der Waals surface area contributed by atoms with Crippen molar-refractivity contribution >= 4 is 0 Å². The second-order valence-electron chi connectivity index (χ2n) is 6.46. The van der Waals surface area contributed by atoms with Gasteiger partial charge < -0.3 is 0 Å². The van der Waals surface area contributed by atoms with Gasteiger partial charge in [-0.15, -0.1) is 0 Å². The molecule has 0 aliphatic carbocycles. The van der Waals surface area contributed by atoms with E-state index in [0.29, 0.717) is 17.9 Å². The van der Waals surface area contributed by atoms with Crippen molar-refractivity contribution in [1.29, 1.82) is 0 Å². The van der Waals surface area contributed by atoms with E-state index in [1.165, 1.54) is 19.3 Å². The molecule has 5 heteroatoms. The Morgan fingerprint density at radius 1 is 1.05 bits per heavy atom. The molecule has 2 nitrogen and oxygen atoms in total. The molecule has 126 valence electrons. The standard InChI is InChI=1S/C17H27F3N2/c1-5-7-8-9-10-16(4,6-2)12-15-21-13(3)11-14(22-15)17(18,19)20/h11H,5-10,12H2,1-4H3. The fourth-order valence-corrected chi connectivity index (χ4v) is 2.60. The zero-order chi connectivity index (χ0) is 16.8. The maximum atomic E-state index is 12.9. The van der Waals surface area contributed by atoms with E-state index in [1.54, 1.807) is 6.92 Å². The molecule has 0 fully saturated rings.